The maximum atomic E-state index is 11.9. The first-order valence-electron chi connectivity index (χ1n) is 5.24. The van der Waals surface area contributed by atoms with E-state index in [0.717, 1.165) is 0 Å². The lowest BCUT2D eigenvalue weighted by Crippen LogP contribution is -2.25. The number of amides is 1. The van der Waals surface area contributed by atoms with Gasteiger partial charge in [0, 0.05) is 30.6 Å². The van der Waals surface area contributed by atoms with Crippen molar-refractivity contribution < 1.29 is 4.79 Å². The Morgan fingerprint density at radius 1 is 1.72 bits per heavy atom. The van der Waals surface area contributed by atoms with Gasteiger partial charge in [-0.15, -0.1) is 0 Å². The summed E-state index contributed by atoms with van der Waals surface area (Å²) in [5, 5.41) is 3.98. The number of halogens is 2. The molecule has 1 amide bonds. The van der Waals surface area contributed by atoms with Crippen molar-refractivity contribution in [2.45, 2.75) is 6.42 Å². The first-order chi connectivity index (χ1) is 8.61. The maximum Gasteiger partial charge on any atom is 0.227 e. The second-order valence-corrected chi connectivity index (χ2v) is 5.14. The van der Waals surface area contributed by atoms with Crippen molar-refractivity contribution >= 4 is 39.1 Å². The van der Waals surface area contributed by atoms with Crippen molar-refractivity contribution in [2.24, 2.45) is 11.0 Å². The standard InChI is InChI=1S/C10H9BrClN5O/c11-10-8(2-7(12)4-14-10)17-5-6(1-9(17)18)3-15-16-13/h2,4,6H,1,3,5H2. The van der Waals surface area contributed by atoms with Gasteiger partial charge in [-0.25, -0.2) is 4.98 Å². The average molecular weight is 331 g/mol. The molecule has 1 aromatic rings. The van der Waals surface area contributed by atoms with Gasteiger partial charge in [0.15, 0.2) is 0 Å². The summed E-state index contributed by atoms with van der Waals surface area (Å²) in [6.07, 6.45) is 1.88. The lowest BCUT2D eigenvalue weighted by Gasteiger charge is -2.17. The Hall–Kier alpha value is -1.30. The Morgan fingerprint density at radius 2 is 2.50 bits per heavy atom. The van der Waals surface area contributed by atoms with E-state index in [1.54, 1.807) is 11.0 Å². The molecule has 94 valence electrons. The van der Waals surface area contributed by atoms with Crippen LogP contribution in [0, 0.1) is 5.92 Å². The van der Waals surface area contributed by atoms with Gasteiger partial charge >= 0.3 is 0 Å². The van der Waals surface area contributed by atoms with Crippen LogP contribution in [0.4, 0.5) is 5.69 Å². The van der Waals surface area contributed by atoms with Crippen molar-refractivity contribution in [1.29, 1.82) is 0 Å². The highest BCUT2D eigenvalue weighted by Gasteiger charge is 2.31. The highest BCUT2D eigenvalue weighted by atomic mass is 79.9. The molecule has 0 spiro atoms. The van der Waals surface area contributed by atoms with E-state index in [0.29, 0.717) is 34.8 Å². The molecule has 0 radical (unpaired) electrons. The van der Waals surface area contributed by atoms with Crippen LogP contribution in [0.25, 0.3) is 10.4 Å². The molecular weight excluding hydrogens is 322 g/mol. The summed E-state index contributed by atoms with van der Waals surface area (Å²) in [6, 6.07) is 1.69. The van der Waals surface area contributed by atoms with Gasteiger partial charge in [-0.2, -0.15) is 0 Å². The quantitative estimate of drug-likeness (QED) is 0.369. The summed E-state index contributed by atoms with van der Waals surface area (Å²) in [4.78, 5) is 20.3. The van der Waals surface area contributed by atoms with Crippen molar-refractivity contribution in [1.82, 2.24) is 4.98 Å². The van der Waals surface area contributed by atoms with Gasteiger partial charge < -0.3 is 4.90 Å². The van der Waals surface area contributed by atoms with E-state index < -0.39 is 0 Å². The Labute approximate surface area is 117 Å². The van der Waals surface area contributed by atoms with Crippen molar-refractivity contribution in [3.8, 4) is 0 Å². The predicted octanol–water partition coefficient (Wildman–Crippen LogP) is 3.16. The number of carbonyl (C=O) groups is 1. The predicted molar refractivity (Wildman–Crippen MR) is 71.4 cm³/mol. The molecule has 1 aliphatic rings. The fourth-order valence-corrected chi connectivity index (χ4v) is 2.47. The third-order valence-electron chi connectivity index (χ3n) is 2.69. The minimum atomic E-state index is -0.0158. The molecule has 1 atom stereocenters. The van der Waals surface area contributed by atoms with Crippen LogP contribution in [-0.2, 0) is 4.79 Å². The van der Waals surface area contributed by atoms with Crippen LogP contribution in [0.3, 0.4) is 0 Å². The van der Waals surface area contributed by atoms with Crippen LogP contribution in [0.1, 0.15) is 6.42 Å². The molecule has 8 heteroatoms. The zero-order valence-corrected chi connectivity index (χ0v) is 11.6. The minimum Gasteiger partial charge on any atom is -0.310 e. The van der Waals surface area contributed by atoms with Gasteiger partial charge in [0.25, 0.3) is 0 Å². The fraction of sp³-hybridized carbons (Fsp3) is 0.400. The molecule has 0 N–H and O–H groups in total. The molecule has 1 aliphatic heterocycles. The Kier molecular flexibility index (Phi) is 4.06. The normalized spacial score (nSPS) is 18.9. The summed E-state index contributed by atoms with van der Waals surface area (Å²) < 4.78 is 0.574. The van der Waals surface area contributed by atoms with Crippen LogP contribution >= 0.6 is 27.5 Å². The van der Waals surface area contributed by atoms with Crippen LogP contribution in [-0.4, -0.2) is 24.0 Å². The van der Waals surface area contributed by atoms with E-state index in [9.17, 15) is 4.79 Å². The number of carbonyl (C=O) groups excluding carboxylic acids is 1. The summed E-state index contributed by atoms with van der Waals surface area (Å²) >= 11 is 9.17. The molecular formula is C10H9BrClN5O. The second-order valence-electron chi connectivity index (χ2n) is 3.95. The molecule has 0 aliphatic carbocycles. The number of hydrogen-bond acceptors (Lipinski definition) is 3. The summed E-state index contributed by atoms with van der Waals surface area (Å²) in [7, 11) is 0. The monoisotopic (exact) mass is 329 g/mol. The smallest absolute Gasteiger partial charge is 0.227 e. The summed E-state index contributed by atoms with van der Waals surface area (Å²) in [6.45, 7) is 0.836. The van der Waals surface area contributed by atoms with Crippen LogP contribution in [0.2, 0.25) is 5.02 Å². The zero-order chi connectivity index (χ0) is 13.1. The van der Waals surface area contributed by atoms with E-state index in [2.05, 4.69) is 30.9 Å². The van der Waals surface area contributed by atoms with Crippen LogP contribution in [0.5, 0.6) is 0 Å². The highest BCUT2D eigenvalue weighted by molar-refractivity contribution is 9.10. The summed E-state index contributed by atoms with van der Waals surface area (Å²) in [5.41, 5.74) is 8.93. The molecule has 6 nitrogen and oxygen atoms in total. The van der Waals surface area contributed by atoms with Gasteiger partial charge in [-0.1, -0.05) is 16.7 Å². The molecule has 1 saturated heterocycles. The molecule has 2 rings (SSSR count). The third-order valence-corrected chi connectivity index (χ3v) is 3.50. The molecule has 1 unspecified atom stereocenters. The Bertz CT molecular complexity index is 531. The number of azide groups is 1. The van der Waals surface area contributed by atoms with Gasteiger partial charge in [-0.05, 0) is 33.4 Å². The van der Waals surface area contributed by atoms with E-state index in [4.69, 9.17) is 17.1 Å². The molecule has 1 fully saturated rings. The number of pyridine rings is 1. The number of rotatable bonds is 3. The molecule has 18 heavy (non-hydrogen) atoms. The molecule has 2 heterocycles. The largest absolute Gasteiger partial charge is 0.310 e. The average Bonchev–Trinajstić information content (AvgIpc) is 2.71. The Balaban J connectivity index is 2.21. The second kappa shape index (κ2) is 5.56. The van der Waals surface area contributed by atoms with E-state index in [-0.39, 0.29) is 11.8 Å². The number of hydrogen-bond donors (Lipinski definition) is 0. The third kappa shape index (κ3) is 2.75. The minimum absolute atomic E-state index is 0.0158. The number of aromatic nitrogens is 1. The van der Waals surface area contributed by atoms with Crippen LogP contribution in [0.15, 0.2) is 22.0 Å². The van der Waals surface area contributed by atoms with Gasteiger partial charge in [-0.3, -0.25) is 4.79 Å². The van der Waals surface area contributed by atoms with E-state index >= 15 is 0 Å². The lowest BCUT2D eigenvalue weighted by atomic mass is 10.1. The Morgan fingerprint density at radius 3 is 3.22 bits per heavy atom. The summed E-state index contributed by atoms with van der Waals surface area (Å²) in [5.74, 6) is 0.0252. The first kappa shape index (κ1) is 13.1. The van der Waals surface area contributed by atoms with Crippen molar-refractivity contribution in [2.75, 3.05) is 18.0 Å². The topological polar surface area (TPSA) is 82.0 Å². The van der Waals surface area contributed by atoms with Gasteiger partial charge in [0.05, 0.1) is 10.7 Å². The van der Waals surface area contributed by atoms with E-state index in [1.165, 1.54) is 6.20 Å². The SMILES string of the molecule is [N-]=[N+]=NCC1CC(=O)N(c2cc(Cl)cnc2Br)C1. The molecule has 0 bridgehead atoms. The molecule has 0 aromatic carbocycles. The first-order valence-corrected chi connectivity index (χ1v) is 6.41. The van der Waals surface area contributed by atoms with Gasteiger partial charge in [0.1, 0.15) is 4.60 Å². The van der Waals surface area contributed by atoms with E-state index in [1.807, 2.05) is 0 Å². The molecule has 1 aromatic heterocycles. The maximum absolute atomic E-state index is 11.9. The number of anilines is 1. The van der Waals surface area contributed by atoms with Crippen molar-refractivity contribution in [3.05, 3.63) is 32.3 Å². The highest BCUT2D eigenvalue weighted by Crippen LogP contribution is 2.32. The van der Waals surface area contributed by atoms with Gasteiger partial charge in [0.2, 0.25) is 5.91 Å². The van der Waals surface area contributed by atoms with Crippen molar-refractivity contribution in [3.63, 3.8) is 0 Å². The van der Waals surface area contributed by atoms with Crippen LogP contribution < -0.4 is 4.90 Å². The zero-order valence-electron chi connectivity index (χ0n) is 9.25. The molecule has 0 saturated carbocycles. The number of nitrogens with zero attached hydrogens (tertiary/aromatic N) is 5. The fourth-order valence-electron chi connectivity index (χ4n) is 1.89. The lowest BCUT2D eigenvalue weighted by molar-refractivity contribution is -0.117.